The minimum atomic E-state index is -0.252. The molecule has 0 bridgehead atoms. The van der Waals surface area contributed by atoms with Crippen molar-refractivity contribution >= 4 is 0 Å². The van der Waals surface area contributed by atoms with E-state index in [2.05, 4.69) is 24.4 Å². The van der Waals surface area contributed by atoms with E-state index in [1.165, 1.54) is 11.1 Å². The van der Waals surface area contributed by atoms with Gasteiger partial charge in [0.2, 0.25) is 0 Å². The van der Waals surface area contributed by atoms with Gasteiger partial charge in [0.15, 0.2) is 0 Å². The third kappa shape index (κ3) is 1.47. The lowest BCUT2D eigenvalue weighted by atomic mass is 10.1. The van der Waals surface area contributed by atoms with Crippen LogP contribution in [0.4, 0.5) is 0 Å². The molecule has 1 aliphatic rings. The van der Waals surface area contributed by atoms with Crippen molar-refractivity contribution in [3.05, 3.63) is 35.4 Å². The maximum absolute atomic E-state index is 9.78. The van der Waals surface area contributed by atoms with Crippen LogP contribution in [-0.4, -0.2) is 17.8 Å². The Morgan fingerprint density at radius 2 is 2.23 bits per heavy atom. The summed E-state index contributed by atoms with van der Waals surface area (Å²) in [5.41, 5.74) is 2.54. The van der Waals surface area contributed by atoms with E-state index in [4.69, 9.17) is 0 Å². The lowest BCUT2D eigenvalue weighted by Crippen LogP contribution is -2.28. The molecule has 0 radical (unpaired) electrons. The van der Waals surface area contributed by atoms with Crippen LogP contribution in [-0.2, 0) is 6.42 Å². The van der Waals surface area contributed by atoms with Crippen LogP contribution in [0.3, 0.4) is 0 Å². The molecule has 2 heteroatoms. The number of nitrogens with one attached hydrogen (secondary N) is 1. The lowest BCUT2D eigenvalue weighted by molar-refractivity contribution is 0.142. The first-order chi connectivity index (χ1) is 6.33. The Hall–Kier alpha value is -0.860. The topological polar surface area (TPSA) is 32.3 Å². The molecule has 2 nitrogen and oxygen atoms in total. The summed E-state index contributed by atoms with van der Waals surface area (Å²) in [5, 5.41) is 13.1. The number of hydrogen-bond acceptors (Lipinski definition) is 2. The van der Waals surface area contributed by atoms with Crippen LogP contribution in [0.2, 0.25) is 0 Å². The second kappa shape index (κ2) is 3.48. The van der Waals surface area contributed by atoms with E-state index in [0.717, 1.165) is 13.0 Å². The van der Waals surface area contributed by atoms with Crippen molar-refractivity contribution < 1.29 is 5.11 Å². The zero-order chi connectivity index (χ0) is 9.26. The van der Waals surface area contributed by atoms with Gasteiger partial charge in [0.25, 0.3) is 0 Å². The first kappa shape index (κ1) is 8.73. The first-order valence-corrected chi connectivity index (χ1v) is 4.82. The maximum Gasteiger partial charge on any atom is 0.0775 e. The summed E-state index contributed by atoms with van der Waals surface area (Å²) in [6.45, 7) is 2.96. The van der Waals surface area contributed by atoms with E-state index in [9.17, 15) is 5.11 Å². The highest BCUT2D eigenvalue weighted by Crippen LogP contribution is 2.30. The van der Waals surface area contributed by atoms with Crippen LogP contribution < -0.4 is 5.32 Å². The number of aliphatic hydroxyl groups excluding tert-OH is 1. The largest absolute Gasteiger partial charge is 0.391 e. The van der Waals surface area contributed by atoms with Crippen molar-refractivity contribution in [2.45, 2.75) is 25.5 Å². The molecule has 2 N–H and O–H groups in total. The average Bonchev–Trinajstić information content (AvgIpc) is 2.44. The summed E-state index contributed by atoms with van der Waals surface area (Å²) in [5.74, 6) is 0. The van der Waals surface area contributed by atoms with Gasteiger partial charge in [-0.3, -0.25) is 0 Å². The Kier molecular flexibility index (Phi) is 2.34. The number of hydrogen-bond donors (Lipinski definition) is 2. The fourth-order valence-corrected chi connectivity index (χ4v) is 2.04. The molecule has 0 saturated carbocycles. The number of fused-ring (bicyclic) bond motifs is 1. The molecule has 2 atom stereocenters. The van der Waals surface area contributed by atoms with Gasteiger partial charge in [-0.25, -0.2) is 0 Å². The zero-order valence-electron chi connectivity index (χ0n) is 7.83. The van der Waals surface area contributed by atoms with Crippen LogP contribution >= 0.6 is 0 Å². The van der Waals surface area contributed by atoms with E-state index in [1.807, 2.05) is 12.1 Å². The van der Waals surface area contributed by atoms with Gasteiger partial charge in [-0.15, -0.1) is 0 Å². The Morgan fingerprint density at radius 1 is 1.46 bits per heavy atom. The molecule has 0 aromatic heterocycles. The van der Waals surface area contributed by atoms with Gasteiger partial charge in [-0.1, -0.05) is 31.2 Å². The second-order valence-corrected chi connectivity index (χ2v) is 3.51. The van der Waals surface area contributed by atoms with Crippen molar-refractivity contribution in [2.75, 3.05) is 6.54 Å². The number of likely N-dealkylation sites (N-methyl/N-ethyl adjacent to an activating group) is 1. The quantitative estimate of drug-likeness (QED) is 0.712. The zero-order valence-corrected chi connectivity index (χ0v) is 7.83. The van der Waals surface area contributed by atoms with Crippen LogP contribution in [0.5, 0.6) is 0 Å². The Balaban J connectivity index is 2.29. The molecule has 13 heavy (non-hydrogen) atoms. The van der Waals surface area contributed by atoms with E-state index in [0.29, 0.717) is 0 Å². The van der Waals surface area contributed by atoms with E-state index >= 15 is 0 Å². The van der Waals surface area contributed by atoms with Gasteiger partial charge in [0.05, 0.1) is 12.1 Å². The molecule has 0 aliphatic heterocycles. The number of rotatable bonds is 2. The summed E-state index contributed by atoms with van der Waals surface area (Å²) < 4.78 is 0. The average molecular weight is 177 g/mol. The van der Waals surface area contributed by atoms with Crippen LogP contribution in [0.15, 0.2) is 24.3 Å². The molecule has 70 valence electrons. The third-order valence-corrected chi connectivity index (χ3v) is 2.63. The van der Waals surface area contributed by atoms with Gasteiger partial charge in [0.1, 0.15) is 0 Å². The van der Waals surface area contributed by atoms with Crippen LogP contribution in [0.1, 0.15) is 24.1 Å². The highest BCUT2D eigenvalue weighted by Gasteiger charge is 2.29. The number of benzene rings is 1. The minimum absolute atomic E-state index is 0.140. The van der Waals surface area contributed by atoms with Crippen LogP contribution in [0.25, 0.3) is 0 Å². The minimum Gasteiger partial charge on any atom is -0.391 e. The molecule has 1 aliphatic carbocycles. The maximum atomic E-state index is 9.78. The molecular formula is C11H15NO. The highest BCUT2D eigenvalue weighted by molar-refractivity contribution is 5.36. The van der Waals surface area contributed by atoms with E-state index in [-0.39, 0.29) is 12.1 Å². The van der Waals surface area contributed by atoms with Gasteiger partial charge >= 0.3 is 0 Å². The molecule has 0 heterocycles. The van der Waals surface area contributed by atoms with Gasteiger partial charge in [-0.05, 0) is 17.7 Å². The lowest BCUT2D eigenvalue weighted by Gasteiger charge is -2.16. The fourth-order valence-electron chi connectivity index (χ4n) is 2.04. The smallest absolute Gasteiger partial charge is 0.0775 e. The summed E-state index contributed by atoms with van der Waals surface area (Å²) in [7, 11) is 0. The molecule has 0 amide bonds. The summed E-state index contributed by atoms with van der Waals surface area (Å²) in [4.78, 5) is 0. The fraction of sp³-hybridized carbons (Fsp3) is 0.455. The molecular weight excluding hydrogens is 162 g/mol. The van der Waals surface area contributed by atoms with Crippen molar-refractivity contribution in [1.82, 2.24) is 5.32 Å². The van der Waals surface area contributed by atoms with Crippen LogP contribution in [0, 0.1) is 0 Å². The summed E-state index contributed by atoms with van der Waals surface area (Å²) in [6.07, 6.45) is 0.533. The van der Waals surface area contributed by atoms with Gasteiger partial charge in [-0.2, -0.15) is 0 Å². The Labute approximate surface area is 78.6 Å². The first-order valence-electron chi connectivity index (χ1n) is 4.82. The predicted molar refractivity (Wildman–Crippen MR) is 52.6 cm³/mol. The Morgan fingerprint density at radius 3 is 3.00 bits per heavy atom. The molecule has 0 spiro atoms. The predicted octanol–water partition coefficient (Wildman–Crippen LogP) is 1.25. The second-order valence-electron chi connectivity index (χ2n) is 3.51. The Bertz CT molecular complexity index is 298. The van der Waals surface area contributed by atoms with E-state index < -0.39 is 0 Å². The standard InChI is InChI=1S/C11H15NO/c1-2-12-11-9-6-4-3-5-8(9)7-10(11)13/h3-6,10-13H,2,7H2,1H3/t10-,11+/m1/s1. The summed E-state index contributed by atoms with van der Waals surface area (Å²) in [6, 6.07) is 8.39. The van der Waals surface area contributed by atoms with Crippen molar-refractivity contribution in [2.24, 2.45) is 0 Å². The molecule has 2 rings (SSSR count). The van der Waals surface area contributed by atoms with Crippen molar-refractivity contribution in [3.63, 3.8) is 0 Å². The molecule has 1 aromatic carbocycles. The van der Waals surface area contributed by atoms with Gasteiger partial charge in [0, 0.05) is 6.42 Å². The molecule has 0 unspecified atom stereocenters. The van der Waals surface area contributed by atoms with Gasteiger partial charge < -0.3 is 10.4 Å². The highest BCUT2D eigenvalue weighted by atomic mass is 16.3. The van der Waals surface area contributed by atoms with Crippen molar-refractivity contribution in [1.29, 1.82) is 0 Å². The molecule has 1 aromatic rings. The molecule has 0 saturated heterocycles. The third-order valence-electron chi connectivity index (χ3n) is 2.63. The molecule has 0 fully saturated rings. The summed E-state index contributed by atoms with van der Waals surface area (Å²) >= 11 is 0. The normalized spacial score (nSPS) is 26.0. The monoisotopic (exact) mass is 177 g/mol. The SMILES string of the molecule is CCN[C@H]1c2ccccc2C[C@H]1O. The van der Waals surface area contributed by atoms with E-state index in [1.54, 1.807) is 0 Å². The number of aliphatic hydroxyl groups is 1. The van der Waals surface area contributed by atoms with Crippen molar-refractivity contribution in [3.8, 4) is 0 Å².